The van der Waals surface area contributed by atoms with E-state index in [1.165, 1.54) is 11.3 Å². The highest BCUT2D eigenvalue weighted by atomic mass is 35.5. The normalized spacial score (nSPS) is 16.3. The number of piperazine rings is 1. The molecule has 146 valence electrons. The van der Waals surface area contributed by atoms with Gasteiger partial charge in [0.2, 0.25) is 0 Å². The molecule has 0 atom stereocenters. The maximum atomic E-state index is 6.52. The molecule has 0 amide bonds. The van der Waals surface area contributed by atoms with Gasteiger partial charge in [0.15, 0.2) is 0 Å². The van der Waals surface area contributed by atoms with Crippen molar-refractivity contribution in [3.63, 3.8) is 0 Å². The number of fused-ring (bicyclic) bond motifs is 2. The summed E-state index contributed by atoms with van der Waals surface area (Å²) in [6.45, 7) is 5.02. The first-order valence-corrected chi connectivity index (χ1v) is 10.4. The Bertz CT molecular complexity index is 1040. The van der Waals surface area contributed by atoms with Crippen LogP contribution in [0, 0.1) is 0 Å². The van der Waals surface area contributed by atoms with Gasteiger partial charge in [0, 0.05) is 49.5 Å². The van der Waals surface area contributed by atoms with Crippen molar-refractivity contribution in [2.45, 2.75) is 6.54 Å². The Morgan fingerprint density at radius 2 is 1.48 bits per heavy atom. The summed E-state index contributed by atoms with van der Waals surface area (Å²) in [5.41, 5.74) is 4.63. The van der Waals surface area contributed by atoms with Gasteiger partial charge in [-0.25, -0.2) is 0 Å². The lowest BCUT2D eigenvalue weighted by Gasteiger charge is -2.37. The van der Waals surface area contributed by atoms with E-state index in [1.54, 1.807) is 0 Å². The van der Waals surface area contributed by atoms with Crippen LogP contribution in [0.3, 0.4) is 0 Å². The van der Waals surface area contributed by atoms with Gasteiger partial charge in [-0.2, -0.15) is 0 Å². The van der Waals surface area contributed by atoms with Crippen molar-refractivity contribution >= 4 is 23.4 Å². The number of hydrogen-bond donors (Lipinski definition) is 0. The molecule has 0 aliphatic carbocycles. The van der Waals surface area contributed by atoms with Gasteiger partial charge in [-0.3, -0.25) is 4.90 Å². The minimum absolute atomic E-state index is 0.718. The van der Waals surface area contributed by atoms with Gasteiger partial charge in [-0.05, 0) is 35.9 Å². The summed E-state index contributed by atoms with van der Waals surface area (Å²) in [6.07, 6.45) is 2.19. The van der Waals surface area contributed by atoms with Gasteiger partial charge in [0.05, 0.1) is 5.02 Å². The Morgan fingerprint density at radius 1 is 0.759 bits per heavy atom. The second-order valence-corrected chi connectivity index (χ2v) is 7.94. The van der Waals surface area contributed by atoms with E-state index in [2.05, 4.69) is 58.3 Å². The largest absolute Gasteiger partial charge is 0.456 e. The summed E-state index contributed by atoms with van der Waals surface area (Å²) in [4.78, 5) is 4.98. The predicted molar refractivity (Wildman–Crippen MR) is 119 cm³/mol. The first-order valence-electron chi connectivity index (χ1n) is 10.1. The van der Waals surface area contributed by atoms with Gasteiger partial charge in [0.1, 0.15) is 11.5 Å². The molecule has 3 nitrogen and oxygen atoms in total. The number of nitrogens with zero attached hydrogens (tertiary/aromatic N) is 2. The fraction of sp³-hybridized carbons (Fsp3) is 0.200. The Kier molecular flexibility index (Phi) is 5.01. The van der Waals surface area contributed by atoms with E-state index in [-0.39, 0.29) is 0 Å². The molecule has 1 fully saturated rings. The lowest BCUT2D eigenvalue weighted by molar-refractivity contribution is 0.169. The van der Waals surface area contributed by atoms with E-state index in [0.717, 1.165) is 60.4 Å². The van der Waals surface area contributed by atoms with E-state index < -0.39 is 0 Å². The smallest absolute Gasteiger partial charge is 0.136 e. The molecule has 1 saturated heterocycles. The van der Waals surface area contributed by atoms with Crippen molar-refractivity contribution in [2.24, 2.45) is 0 Å². The van der Waals surface area contributed by atoms with Gasteiger partial charge < -0.3 is 9.64 Å². The van der Waals surface area contributed by atoms with Crippen molar-refractivity contribution in [2.75, 3.05) is 26.2 Å². The third-order valence-electron chi connectivity index (χ3n) is 5.64. The average molecular weight is 403 g/mol. The Labute approximate surface area is 176 Å². The summed E-state index contributed by atoms with van der Waals surface area (Å²) < 4.78 is 6.23. The Hall–Kier alpha value is -2.75. The summed E-state index contributed by atoms with van der Waals surface area (Å²) in [6, 6.07) is 24.8. The summed E-state index contributed by atoms with van der Waals surface area (Å²) in [5.74, 6) is 1.69. The van der Waals surface area contributed by atoms with E-state index >= 15 is 0 Å². The minimum atomic E-state index is 0.718. The van der Waals surface area contributed by atoms with E-state index in [9.17, 15) is 0 Å². The molecule has 0 spiro atoms. The maximum Gasteiger partial charge on any atom is 0.136 e. The zero-order valence-electron chi connectivity index (χ0n) is 16.2. The molecule has 29 heavy (non-hydrogen) atoms. The second kappa shape index (κ2) is 7.94. The van der Waals surface area contributed by atoms with Gasteiger partial charge in [-0.15, -0.1) is 0 Å². The molecule has 0 unspecified atom stereocenters. The van der Waals surface area contributed by atoms with Crippen LogP contribution in [0.5, 0.6) is 11.5 Å². The van der Waals surface area contributed by atoms with Crippen LogP contribution in [0.4, 0.5) is 0 Å². The highest BCUT2D eigenvalue weighted by Crippen LogP contribution is 2.41. The molecule has 3 aromatic rings. The lowest BCUT2D eigenvalue weighted by atomic mass is 10.1. The van der Waals surface area contributed by atoms with Crippen LogP contribution in [-0.4, -0.2) is 36.0 Å². The SMILES string of the molecule is Clc1cccc2c1C=C(N1CCN(Cc3ccccc3)CC1)c1ccccc1O2. The van der Waals surface area contributed by atoms with Crippen LogP contribution in [-0.2, 0) is 6.54 Å². The fourth-order valence-corrected chi connectivity index (χ4v) is 4.32. The molecule has 0 saturated carbocycles. The Morgan fingerprint density at radius 3 is 2.31 bits per heavy atom. The second-order valence-electron chi connectivity index (χ2n) is 7.53. The van der Waals surface area contributed by atoms with Crippen LogP contribution >= 0.6 is 11.6 Å². The van der Waals surface area contributed by atoms with Crippen molar-refractivity contribution in [3.05, 3.63) is 94.5 Å². The van der Waals surface area contributed by atoms with Crippen LogP contribution < -0.4 is 4.74 Å². The van der Waals surface area contributed by atoms with Gasteiger partial charge in [0.25, 0.3) is 0 Å². The van der Waals surface area contributed by atoms with Gasteiger partial charge >= 0.3 is 0 Å². The molecule has 0 bridgehead atoms. The van der Waals surface area contributed by atoms with Crippen molar-refractivity contribution < 1.29 is 4.74 Å². The standard InChI is InChI=1S/C25H23ClN2O/c26-22-10-6-12-25-21(22)17-23(20-9-4-5-11-24(20)29-25)28-15-13-27(14-16-28)18-19-7-2-1-3-8-19/h1-12,17H,13-16,18H2. The predicted octanol–water partition coefficient (Wildman–Crippen LogP) is 5.76. The van der Waals surface area contributed by atoms with Gasteiger partial charge in [-0.1, -0.05) is 60.1 Å². The van der Waals surface area contributed by atoms with Crippen molar-refractivity contribution in [1.29, 1.82) is 0 Å². The fourth-order valence-electron chi connectivity index (χ4n) is 4.10. The summed E-state index contributed by atoms with van der Waals surface area (Å²) in [5, 5.41) is 0.718. The summed E-state index contributed by atoms with van der Waals surface area (Å²) >= 11 is 6.52. The van der Waals surface area contributed by atoms with E-state index in [1.807, 2.05) is 30.3 Å². The van der Waals surface area contributed by atoms with E-state index in [0.29, 0.717) is 0 Å². The third kappa shape index (κ3) is 3.76. The lowest BCUT2D eigenvalue weighted by Crippen LogP contribution is -2.44. The first kappa shape index (κ1) is 18.3. The molecule has 2 heterocycles. The van der Waals surface area contributed by atoms with Crippen molar-refractivity contribution in [3.8, 4) is 11.5 Å². The molecule has 2 aliphatic rings. The number of ether oxygens (including phenoxy) is 1. The third-order valence-corrected chi connectivity index (χ3v) is 5.97. The molecule has 4 heteroatoms. The first-order chi connectivity index (χ1) is 14.3. The topological polar surface area (TPSA) is 15.7 Å². The highest BCUT2D eigenvalue weighted by Gasteiger charge is 2.25. The highest BCUT2D eigenvalue weighted by molar-refractivity contribution is 6.32. The molecular formula is C25H23ClN2O. The zero-order chi connectivity index (χ0) is 19.6. The van der Waals surface area contributed by atoms with Crippen LogP contribution in [0.25, 0.3) is 11.8 Å². The van der Waals surface area contributed by atoms with Crippen molar-refractivity contribution in [1.82, 2.24) is 9.80 Å². The minimum Gasteiger partial charge on any atom is -0.456 e. The Balaban J connectivity index is 1.42. The van der Waals surface area contributed by atoms with E-state index in [4.69, 9.17) is 16.3 Å². The number of hydrogen-bond acceptors (Lipinski definition) is 3. The maximum absolute atomic E-state index is 6.52. The molecular weight excluding hydrogens is 380 g/mol. The molecule has 0 aromatic heterocycles. The molecule has 2 aliphatic heterocycles. The molecule has 0 N–H and O–H groups in total. The number of para-hydroxylation sites is 1. The number of halogens is 1. The molecule has 3 aromatic carbocycles. The molecule has 5 rings (SSSR count). The monoisotopic (exact) mass is 402 g/mol. The quantitative estimate of drug-likeness (QED) is 0.553. The van der Waals surface area contributed by atoms with Crippen LogP contribution in [0.1, 0.15) is 16.7 Å². The zero-order valence-corrected chi connectivity index (χ0v) is 17.0. The number of rotatable bonds is 3. The molecule has 0 radical (unpaired) electrons. The average Bonchev–Trinajstić information content (AvgIpc) is 2.93. The summed E-state index contributed by atoms with van der Waals surface area (Å²) in [7, 11) is 0. The van der Waals surface area contributed by atoms with Crippen LogP contribution in [0.2, 0.25) is 5.02 Å². The number of benzene rings is 3. The van der Waals surface area contributed by atoms with Crippen LogP contribution in [0.15, 0.2) is 72.8 Å².